The molecule has 0 aromatic heterocycles. The van der Waals surface area contributed by atoms with E-state index in [1.54, 1.807) is 13.2 Å². The molecule has 0 aliphatic heterocycles. The Morgan fingerprint density at radius 2 is 1.95 bits per heavy atom. The van der Waals surface area contributed by atoms with E-state index in [2.05, 4.69) is 5.32 Å². The van der Waals surface area contributed by atoms with Gasteiger partial charge in [-0.3, -0.25) is 4.79 Å². The normalized spacial score (nSPS) is 10.8. The topological polar surface area (TPSA) is 38.3 Å². The summed E-state index contributed by atoms with van der Waals surface area (Å²) < 4.78 is 5.10. The van der Waals surface area contributed by atoms with Gasteiger partial charge in [0.05, 0.1) is 7.11 Å². The molecule has 2 aromatic rings. The molecule has 0 aliphatic carbocycles. The van der Waals surface area contributed by atoms with Crippen LogP contribution < -0.4 is 10.1 Å². The van der Waals surface area contributed by atoms with Crippen LogP contribution in [0.15, 0.2) is 54.6 Å². The molecule has 0 saturated carbocycles. The van der Waals surface area contributed by atoms with Crippen molar-refractivity contribution in [2.24, 2.45) is 0 Å². The maximum absolute atomic E-state index is 12.2. The molecule has 0 saturated heterocycles. The van der Waals surface area contributed by atoms with Crippen LogP contribution in [0.2, 0.25) is 0 Å². The van der Waals surface area contributed by atoms with Crippen molar-refractivity contribution in [1.29, 1.82) is 0 Å². The van der Waals surface area contributed by atoms with Gasteiger partial charge in [0.1, 0.15) is 5.75 Å². The highest BCUT2D eigenvalue weighted by Gasteiger charge is 2.02. The Labute approximate surface area is 125 Å². The van der Waals surface area contributed by atoms with E-state index in [0.29, 0.717) is 5.56 Å². The van der Waals surface area contributed by atoms with E-state index < -0.39 is 0 Å². The summed E-state index contributed by atoms with van der Waals surface area (Å²) in [5, 5.41) is 3.08. The highest BCUT2D eigenvalue weighted by Crippen LogP contribution is 2.13. The summed E-state index contributed by atoms with van der Waals surface area (Å²) in [6.07, 6.45) is 3.41. The summed E-state index contributed by atoms with van der Waals surface area (Å²) in [5.41, 5.74) is 2.77. The minimum Gasteiger partial charge on any atom is -0.497 e. The van der Waals surface area contributed by atoms with Crippen molar-refractivity contribution in [3.8, 4) is 5.75 Å². The van der Waals surface area contributed by atoms with Crippen LogP contribution in [0, 0.1) is 0 Å². The third kappa shape index (κ3) is 4.29. The standard InChI is InChI=1S/C18H19NO2/c1-19-13-15-4-3-5-16(12-15)18(20)11-8-14-6-9-17(21-2)10-7-14/h3-12,19H,13H2,1-2H3. The van der Waals surface area contributed by atoms with Crippen LogP contribution in [0.25, 0.3) is 6.08 Å². The molecule has 0 bridgehead atoms. The first-order chi connectivity index (χ1) is 10.2. The van der Waals surface area contributed by atoms with E-state index in [4.69, 9.17) is 4.74 Å². The average Bonchev–Trinajstić information content (AvgIpc) is 2.53. The molecule has 3 heteroatoms. The second-order valence-electron chi connectivity index (χ2n) is 4.70. The van der Waals surface area contributed by atoms with Crippen LogP contribution >= 0.6 is 0 Å². The third-order valence-corrected chi connectivity index (χ3v) is 3.14. The number of carbonyl (C=O) groups excluding carboxylic acids is 1. The minimum absolute atomic E-state index is 0.00349. The van der Waals surface area contributed by atoms with Crippen LogP contribution in [0.4, 0.5) is 0 Å². The van der Waals surface area contributed by atoms with E-state index in [1.807, 2.05) is 61.7 Å². The molecule has 0 unspecified atom stereocenters. The van der Waals surface area contributed by atoms with E-state index in [0.717, 1.165) is 23.4 Å². The largest absolute Gasteiger partial charge is 0.497 e. The fourth-order valence-electron chi connectivity index (χ4n) is 2.02. The molecule has 108 valence electrons. The fraction of sp³-hybridized carbons (Fsp3) is 0.167. The van der Waals surface area contributed by atoms with Crippen molar-refractivity contribution in [3.05, 3.63) is 71.3 Å². The quantitative estimate of drug-likeness (QED) is 0.652. The van der Waals surface area contributed by atoms with E-state index in [1.165, 1.54) is 0 Å². The highest BCUT2D eigenvalue weighted by atomic mass is 16.5. The van der Waals surface area contributed by atoms with Gasteiger partial charge in [-0.1, -0.05) is 36.4 Å². The molecule has 0 radical (unpaired) electrons. The number of benzene rings is 2. The number of ketones is 1. The summed E-state index contributed by atoms with van der Waals surface area (Å²) >= 11 is 0. The van der Waals surface area contributed by atoms with E-state index >= 15 is 0 Å². The van der Waals surface area contributed by atoms with Gasteiger partial charge in [-0.05, 0) is 42.4 Å². The van der Waals surface area contributed by atoms with Gasteiger partial charge in [0, 0.05) is 12.1 Å². The summed E-state index contributed by atoms with van der Waals surface area (Å²) in [5.74, 6) is 0.807. The van der Waals surface area contributed by atoms with Gasteiger partial charge in [-0.25, -0.2) is 0 Å². The molecule has 2 rings (SSSR count). The first-order valence-electron chi connectivity index (χ1n) is 6.83. The number of rotatable bonds is 6. The lowest BCUT2D eigenvalue weighted by atomic mass is 10.1. The molecule has 3 nitrogen and oxygen atoms in total. The van der Waals surface area contributed by atoms with Crippen molar-refractivity contribution in [2.45, 2.75) is 6.54 Å². The van der Waals surface area contributed by atoms with Crippen LogP contribution in [-0.4, -0.2) is 19.9 Å². The lowest BCUT2D eigenvalue weighted by Crippen LogP contribution is -2.06. The van der Waals surface area contributed by atoms with Gasteiger partial charge >= 0.3 is 0 Å². The third-order valence-electron chi connectivity index (χ3n) is 3.14. The Morgan fingerprint density at radius 3 is 2.62 bits per heavy atom. The van der Waals surface area contributed by atoms with Crippen LogP contribution in [0.1, 0.15) is 21.5 Å². The van der Waals surface area contributed by atoms with Gasteiger partial charge in [0.25, 0.3) is 0 Å². The van der Waals surface area contributed by atoms with Gasteiger partial charge in [-0.15, -0.1) is 0 Å². The SMILES string of the molecule is CNCc1cccc(C(=O)C=Cc2ccc(OC)cc2)c1. The maximum Gasteiger partial charge on any atom is 0.185 e. The smallest absolute Gasteiger partial charge is 0.185 e. The molecule has 2 aromatic carbocycles. The zero-order chi connectivity index (χ0) is 15.1. The van der Waals surface area contributed by atoms with E-state index in [-0.39, 0.29) is 5.78 Å². The van der Waals surface area contributed by atoms with Gasteiger partial charge in [-0.2, -0.15) is 0 Å². The van der Waals surface area contributed by atoms with Crippen LogP contribution in [0.3, 0.4) is 0 Å². The summed E-state index contributed by atoms with van der Waals surface area (Å²) in [7, 11) is 3.52. The highest BCUT2D eigenvalue weighted by molar-refractivity contribution is 6.06. The Balaban J connectivity index is 2.09. The molecule has 0 atom stereocenters. The van der Waals surface area contributed by atoms with Gasteiger partial charge < -0.3 is 10.1 Å². The number of allylic oxidation sites excluding steroid dienone is 1. The molecule has 0 fully saturated rings. The van der Waals surface area contributed by atoms with Crippen molar-refractivity contribution < 1.29 is 9.53 Å². The average molecular weight is 281 g/mol. The van der Waals surface area contributed by atoms with Crippen molar-refractivity contribution >= 4 is 11.9 Å². The molecule has 21 heavy (non-hydrogen) atoms. The molecule has 1 N–H and O–H groups in total. The number of nitrogens with one attached hydrogen (secondary N) is 1. The number of methoxy groups -OCH3 is 1. The first-order valence-corrected chi connectivity index (χ1v) is 6.83. The number of hydrogen-bond acceptors (Lipinski definition) is 3. The molecule has 0 spiro atoms. The predicted octanol–water partition coefficient (Wildman–Crippen LogP) is 3.31. The summed E-state index contributed by atoms with van der Waals surface area (Å²) in [4.78, 5) is 12.2. The Morgan fingerprint density at radius 1 is 1.19 bits per heavy atom. The minimum atomic E-state index is 0.00349. The van der Waals surface area contributed by atoms with Crippen LogP contribution in [0.5, 0.6) is 5.75 Å². The Hall–Kier alpha value is -2.39. The fourth-order valence-corrected chi connectivity index (χ4v) is 2.02. The summed E-state index contributed by atoms with van der Waals surface area (Å²) in [6, 6.07) is 15.2. The second kappa shape index (κ2) is 7.41. The lowest BCUT2D eigenvalue weighted by Gasteiger charge is -2.02. The molecule has 0 aliphatic rings. The second-order valence-corrected chi connectivity index (χ2v) is 4.70. The Bertz CT molecular complexity index is 630. The van der Waals surface area contributed by atoms with Crippen molar-refractivity contribution in [1.82, 2.24) is 5.32 Å². The predicted molar refractivity (Wildman–Crippen MR) is 85.6 cm³/mol. The van der Waals surface area contributed by atoms with Crippen molar-refractivity contribution in [3.63, 3.8) is 0 Å². The Kier molecular flexibility index (Phi) is 5.29. The lowest BCUT2D eigenvalue weighted by molar-refractivity contribution is 0.104. The first kappa shape index (κ1) is 15.0. The number of ether oxygens (including phenoxy) is 1. The zero-order valence-electron chi connectivity index (χ0n) is 12.3. The van der Waals surface area contributed by atoms with Gasteiger partial charge in [0.15, 0.2) is 5.78 Å². The molecular weight excluding hydrogens is 262 g/mol. The van der Waals surface area contributed by atoms with Gasteiger partial charge in [0.2, 0.25) is 0 Å². The monoisotopic (exact) mass is 281 g/mol. The zero-order valence-corrected chi connectivity index (χ0v) is 12.3. The molecule has 0 heterocycles. The van der Waals surface area contributed by atoms with Crippen LogP contribution in [-0.2, 0) is 6.54 Å². The maximum atomic E-state index is 12.2. The van der Waals surface area contributed by atoms with Crippen molar-refractivity contribution in [2.75, 3.05) is 14.2 Å². The number of hydrogen-bond donors (Lipinski definition) is 1. The molecular formula is C18H19NO2. The molecule has 0 amide bonds. The number of carbonyl (C=O) groups is 1. The van der Waals surface area contributed by atoms with E-state index in [9.17, 15) is 4.79 Å². The summed E-state index contributed by atoms with van der Waals surface area (Å²) in [6.45, 7) is 0.753.